The first-order valence-corrected chi connectivity index (χ1v) is 8.45. The summed E-state index contributed by atoms with van der Waals surface area (Å²) < 4.78 is 0. The van der Waals surface area contributed by atoms with Gasteiger partial charge in [0, 0.05) is 17.1 Å². The minimum atomic E-state index is -1.23. The summed E-state index contributed by atoms with van der Waals surface area (Å²) in [6, 6.07) is 27.4. The van der Waals surface area contributed by atoms with Crippen LogP contribution in [-0.2, 0) is 4.79 Å². The molecule has 3 aromatic carbocycles. The standard InChI is InChI=1S/C23H18N2O2/c1-17-7-11-21(12-8-17)25(20-5-3-2-4-6-20)22-13-9-18(10-14-22)15-19(16-24)23(26)27/h2-15H,1H3,(H,26,27)/b19-15+. The zero-order valence-corrected chi connectivity index (χ0v) is 14.8. The van der Waals surface area contributed by atoms with E-state index in [2.05, 4.69) is 29.2 Å². The van der Waals surface area contributed by atoms with Crippen LogP contribution in [0.5, 0.6) is 0 Å². The smallest absolute Gasteiger partial charge is 0.346 e. The van der Waals surface area contributed by atoms with Crippen LogP contribution in [0, 0.1) is 18.3 Å². The minimum absolute atomic E-state index is 0.291. The Bertz CT molecular complexity index is 999. The van der Waals surface area contributed by atoms with Crippen molar-refractivity contribution in [2.75, 3.05) is 4.90 Å². The number of carboxylic acid groups (broad SMARTS) is 1. The van der Waals surface area contributed by atoms with Crippen LogP contribution in [0.4, 0.5) is 17.1 Å². The van der Waals surface area contributed by atoms with E-state index in [4.69, 9.17) is 10.4 Å². The fraction of sp³-hybridized carbons (Fsp3) is 0.0435. The van der Waals surface area contributed by atoms with Crippen molar-refractivity contribution in [3.8, 4) is 6.07 Å². The number of hydrogen-bond donors (Lipinski definition) is 1. The van der Waals surface area contributed by atoms with Gasteiger partial charge in [-0.1, -0.05) is 48.0 Å². The van der Waals surface area contributed by atoms with Crippen molar-refractivity contribution >= 4 is 29.1 Å². The summed E-state index contributed by atoms with van der Waals surface area (Å²) in [6.07, 6.45) is 1.37. The molecule has 4 heteroatoms. The number of hydrogen-bond acceptors (Lipinski definition) is 3. The molecule has 4 nitrogen and oxygen atoms in total. The van der Waals surface area contributed by atoms with Gasteiger partial charge in [-0.25, -0.2) is 4.79 Å². The van der Waals surface area contributed by atoms with E-state index in [0.717, 1.165) is 17.1 Å². The molecule has 0 aliphatic heterocycles. The van der Waals surface area contributed by atoms with Gasteiger partial charge in [0.2, 0.25) is 0 Å². The highest BCUT2D eigenvalue weighted by Gasteiger charge is 2.12. The maximum absolute atomic E-state index is 11.0. The molecule has 0 heterocycles. The van der Waals surface area contributed by atoms with Gasteiger partial charge in [0.25, 0.3) is 0 Å². The van der Waals surface area contributed by atoms with Crippen molar-refractivity contribution < 1.29 is 9.90 Å². The van der Waals surface area contributed by atoms with Crippen LogP contribution in [0.3, 0.4) is 0 Å². The highest BCUT2D eigenvalue weighted by atomic mass is 16.4. The molecule has 132 valence electrons. The Morgan fingerprint density at radius 2 is 1.41 bits per heavy atom. The first-order valence-electron chi connectivity index (χ1n) is 8.45. The third-order valence-electron chi connectivity index (χ3n) is 4.12. The number of aryl methyl sites for hydroxylation is 1. The highest BCUT2D eigenvalue weighted by molar-refractivity contribution is 5.96. The van der Waals surface area contributed by atoms with Gasteiger partial charge in [-0.05, 0) is 55.0 Å². The second-order valence-electron chi connectivity index (χ2n) is 6.07. The van der Waals surface area contributed by atoms with Crippen LogP contribution in [0.2, 0.25) is 0 Å². The van der Waals surface area contributed by atoms with Crippen LogP contribution < -0.4 is 4.90 Å². The molecule has 0 spiro atoms. The number of nitriles is 1. The van der Waals surface area contributed by atoms with Crippen LogP contribution in [0.1, 0.15) is 11.1 Å². The number of rotatable bonds is 5. The lowest BCUT2D eigenvalue weighted by Gasteiger charge is -2.25. The van der Waals surface area contributed by atoms with Crippen molar-refractivity contribution in [2.45, 2.75) is 6.92 Å². The SMILES string of the molecule is Cc1ccc(N(c2ccccc2)c2ccc(/C=C(\C#N)C(=O)O)cc2)cc1. The lowest BCUT2D eigenvalue weighted by Crippen LogP contribution is -2.09. The average molecular weight is 354 g/mol. The molecule has 0 aromatic heterocycles. The average Bonchev–Trinajstić information content (AvgIpc) is 2.69. The van der Waals surface area contributed by atoms with Gasteiger partial charge in [-0.2, -0.15) is 5.26 Å². The molecule has 0 atom stereocenters. The molecule has 0 aliphatic rings. The van der Waals surface area contributed by atoms with Crippen LogP contribution in [-0.4, -0.2) is 11.1 Å². The molecule has 0 fully saturated rings. The van der Waals surface area contributed by atoms with Gasteiger partial charge in [0.1, 0.15) is 11.6 Å². The van der Waals surface area contributed by atoms with Crippen molar-refractivity contribution in [1.29, 1.82) is 5.26 Å². The summed E-state index contributed by atoms with van der Waals surface area (Å²) >= 11 is 0. The first-order chi connectivity index (χ1) is 13.1. The fourth-order valence-corrected chi connectivity index (χ4v) is 2.75. The van der Waals surface area contributed by atoms with Crippen molar-refractivity contribution in [3.63, 3.8) is 0 Å². The molecule has 0 saturated carbocycles. The number of carbonyl (C=O) groups is 1. The maximum atomic E-state index is 11.0. The molecule has 0 radical (unpaired) electrons. The Hall–Kier alpha value is -3.84. The van der Waals surface area contributed by atoms with E-state index in [1.165, 1.54) is 11.6 Å². The molecule has 27 heavy (non-hydrogen) atoms. The topological polar surface area (TPSA) is 64.3 Å². The monoisotopic (exact) mass is 354 g/mol. The van der Waals surface area contributed by atoms with E-state index in [0.29, 0.717) is 5.56 Å². The Labute approximate surface area is 158 Å². The van der Waals surface area contributed by atoms with Crippen LogP contribution in [0.15, 0.2) is 84.4 Å². The van der Waals surface area contributed by atoms with E-state index in [1.807, 2.05) is 49.4 Å². The number of aliphatic carboxylic acids is 1. The lowest BCUT2D eigenvalue weighted by molar-refractivity contribution is -0.132. The zero-order chi connectivity index (χ0) is 19.2. The van der Waals surface area contributed by atoms with E-state index in [-0.39, 0.29) is 5.57 Å². The fourth-order valence-electron chi connectivity index (χ4n) is 2.75. The number of para-hydroxylation sites is 1. The molecule has 0 bridgehead atoms. The zero-order valence-electron chi connectivity index (χ0n) is 14.8. The van der Waals surface area contributed by atoms with Gasteiger partial charge >= 0.3 is 5.97 Å². The third kappa shape index (κ3) is 4.23. The molecule has 0 saturated heterocycles. The molecule has 0 amide bonds. The predicted molar refractivity (Wildman–Crippen MR) is 107 cm³/mol. The third-order valence-corrected chi connectivity index (χ3v) is 4.12. The van der Waals surface area contributed by atoms with Gasteiger partial charge < -0.3 is 10.0 Å². The largest absolute Gasteiger partial charge is 0.477 e. The Morgan fingerprint density at radius 1 is 0.889 bits per heavy atom. The van der Waals surface area contributed by atoms with Crippen molar-refractivity contribution in [3.05, 3.63) is 95.6 Å². The summed E-state index contributed by atoms with van der Waals surface area (Å²) in [5.41, 5.74) is 4.54. The molecule has 0 unspecified atom stereocenters. The minimum Gasteiger partial charge on any atom is -0.477 e. The number of benzene rings is 3. The van der Waals surface area contributed by atoms with E-state index >= 15 is 0 Å². The Morgan fingerprint density at radius 3 is 1.93 bits per heavy atom. The van der Waals surface area contributed by atoms with Crippen molar-refractivity contribution in [1.82, 2.24) is 0 Å². The van der Waals surface area contributed by atoms with E-state index in [1.54, 1.807) is 18.2 Å². The maximum Gasteiger partial charge on any atom is 0.346 e. The normalized spacial score (nSPS) is 10.9. The Kier molecular flexibility index (Phi) is 5.34. The van der Waals surface area contributed by atoms with Gasteiger partial charge in [-0.15, -0.1) is 0 Å². The molecular formula is C23H18N2O2. The quantitative estimate of drug-likeness (QED) is 0.488. The summed E-state index contributed by atoms with van der Waals surface area (Å²) in [5.74, 6) is -1.23. The molecule has 3 aromatic rings. The molecule has 3 rings (SSSR count). The lowest BCUT2D eigenvalue weighted by atomic mass is 10.1. The molecule has 0 aliphatic carbocycles. The van der Waals surface area contributed by atoms with Crippen LogP contribution in [0.25, 0.3) is 6.08 Å². The summed E-state index contributed by atoms with van der Waals surface area (Å²) in [7, 11) is 0. The highest BCUT2D eigenvalue weighted by Crippen LogP contribution is 2.34. The van der Waals surface area contributed by atoms with Crippen molar-refractivity contribution in [2.24, 2.45) is 0 Å². The van der Waals surface area contributed by atoms with Gasteiger partial charge in [0.15, 0.2) is 0 Å². The van der Waals surface area contributed by atoms with Gasteiger partial charge in [0.05, 0.1) is 0 Å². The number of carboxylic acids is 1. The second kappa shape index (κ2) is 8.03. The molecular weight excluding hydrogens is 336 g/mol. The first kappa shape index (κ1) is 18.0. The summed E-state index contributed by atoms with van der Waals surface area (Å²) in [4.78, 5) is 13.1. The second-order valence-corrected chi connectivity index (χ2v) is 6.07. The van der Waals surface area contributed by atoms with Crippen LogP contribution >= 0.6 is 0 Å². The van der Waals surface area contributed by atoms with Gasteiger partial charge in [-0.3, -0.25) is 0 Å². The summed E-state index contributed by atoms with van der Waals surface area (Å²) in [6.45, 7) is 2.05. The van der Waals surface area contributed by atoms with E-state index in [9.17, 15) is 4.79 Å². The van der Waals surface area contributed by atoms with E-state index < -0.39 is 5.97 Å². The Balaban J connectivity index is 2.02. The summed E-state index contributed by atoms with van der Waals surface area (Å²) in [5, 5.41) is 17.9. The predicted octanol–water partition coefficient (Wildman–Crippen LogP) is 5.46. The number of anilines is 3. The number of nitrogens with zero attached hydrogens (tertiary/aromatic N) is 2. The molecule has 1 N–H and O–H groups in total.